The van der Waals surface area contributed by atoms with Crippen LogP contribution in [-0.4, -0.2) is 52.6 Å². The van der Waals surface area contributed by atoms with E-state index in [2.05, 4.69) is 78.4 Å². The standard InChI is InChI=1S/C27H37N5O4Si/c1-17(33)35-21-13-23(36-22(21)14-34-37(5,6)27(2,3)4)32-16-30-24-25(28-15-29-26(24)32)31-20-12-11-18-9-7-8-10-19(18)20/h7-10,15-16,20-23H,11-14H2,1-6H3,(H,28,29,31)/t20-,21-,22-,23+/m0/s1. The quantitative estimate of drug-likeness (QED) is 0.335. The van der Waals surface area contributed by atoms with E-state index >= 15 is 0 Å². The lowest BCUT2D eigenvalue weighted by molar-refractivity contribution is -0.150. The van der Waals surface area contributed by atoms with Gasteiger partial charge in [-0.3, -0.25) is 9.36 Å². The third-order valence-electron chi connectivity index (χ3n) is 8.03. The van der Waals surface area contributed by atoms with Crippen molar-refractivity contribution in [3.63, 3.8) is 0 Å². The van der Waals surface area contributed by atoms with Crippen LogP contribution < -0.4 is 5.32 Å². The van der Waals surface area contributed by atoms with Gasteiger partial charge in [-0.2, -0.15) is 0 Å². The summed E-state index contributed by atoms with van der Waals surface area (Å²) in [7, 11) is -1.99. The minimum atomic E-state index is -1.99. The first-order valence-corrected chi connectivity index (χ1v) is 15.9. The Morgan fingerprint density at radius 2 is 2.00 bits per heavy atom. The lowest BCUT2D eigenvalue weighted by Crippen LogP contribution is -2.44. The van der Waals surface area contributed by atoms with Gasteiger partial charge in [-0.1, -0.05) is 45.0 Å². The Kier molecular flexibility index (Phi) is 6.84. The molecule has 3 heterocycles. The van der Waals surface area contributed by atoms with Gasteiger partial charge in [-0.05, 0) is 42.1 Å². The van der Waals surface area contributed by atoms with Crippen molar-refractivity contribution in [2.45, 2.75) is 89.6 Å². The number of fused-ring (bicyclic) bond motifs is 2. The monoisotopic (exact) mass is 523 g/mol. The first kappa shape index (κ1) is 25.8. The van der Waals surface area contributed by atoms with Crippen LogP contribution in [0.15, 0.2) is 36.9 Å². The van der Waals surface area contributed by atoms with Crippen molar-refractivity contribution in [2.75, 3.05) is 11.9 Å². The summed E-state index contributed by atoms with van der Waals surface area (Å²) >= 11 is 0. The number of aromatic nitrogens is 4. The number of carbonyl (C=O) groups is 1. The Balaban J connectivity index is 1.36. The van der Waals surface area contributed by atoms with Crippen LogP contribution in [0, 0.1) is 0 Å². The maximum absolute atomic E-state index is 11.9. The maximum Gasteiger partial charge on any atom is 0.302 e. The van der Waals surface area contributed by atoms with Crippen LogP contribution in [-0.2, 0) is 25.1 Å². The molecule has 5 rings (SSSR count). The number of hydrogen-bond acceptors (Lipinski definition) is 8. The van der Waals surface area contributed by atoms with E-state index < -0.39 is 14.4 Å². The average molecular weight is 524 g/mol. The zero-order valence-electron chi connectivity index (χ0n) is 22.5. The number of carbonyl (C=O) groups excluding carboxylic acids is 1. The highest BCUT2D eigenvalue weighted by atomic mass is 28.4. The summed E-state index contributed by atoms with van der Waals surface area (Å²) in [4.78, 5) is 25.5. The number of nitrogens with zero attached hydrogens (tertiary/aromatic N) is 4. The molecule has 9 nitrogen and oxygen atoms in total. The van der Waals surface area contributed by atoms with Gasteiger partial charge in [0.2, 0.25) is 0 Å². The molecule has 1 aliphatic carbocycles. The molecule has 1 fully saturated rings. The zero-order valence-corrected chi connectivity index (χ0v) is 23.5. The highest BCUT2D eigenvalue weighted by Gasteiger charge is 2.43. The van der Waals surface area contributed by atoms with E-state index in [1.165, 1.54) is 18.1 Å². The van der Waals surface area contributed by atoms with E-state index in [9.17, 15) is 4.79 Å². The number of benzene rings is 1. The molecule has 0 spiro atoms. The number of imidazole rings is 1. The molecule has 37 heavy (non-hydrogen) atoms. The third-order valence-corrected chi connectivity index (χ3v) is 12.5. The zero-order chi connectivity index (χ0) is 26.4. The summed E-state index contributed by atoms with van der Waals surface area (Å²) in [6.07, 6.45) is 4.70. The first-order chi connectivity index (χ1) is 17.5. The van der Waals surface area contributed by atoms with Crippen molar-refractivity contribution in [1.29, 1.82) is 0 Å². The van der Waals surface area contributed by atoms with Crippen molar-refractivity contribution in [2.24, 2.45) is 0 Å². The topological polar surface area (TPSA) is 100 Å². The smallest absolute Gasteiger partial charge is 0.302 e. The molecule has 10 heteroatoms. The van der Waals surface area contributed by atoms with Crippen molar-refractivity contribution in [3.05, 3.63) is 48.0 Å². The van der Waals surface area contributed by atoms with Crippen LogP contribution in [0.3, 0.4) is 0 Å². The second kappa shape index (κ2) is 9.81. The van der Waals surface area contributed by atoms with Crippen LogP contribution in [0.1, 0.15) is 63.9 Å². The second-order valence-corrected chi connectivity index (χ2v) is 16.4. The van der Waals surface area contributed by atoms with E-state index in [1.54, 1.807) is 12.7 Å². The molecule has 0 unspecified atom stereocenters. The summed E-state index contributed by atoms with van der Waals surface area (Å²) in [5.41, 5.74) is 4.06. The minimum absolute atomic E-state index is 0.0721. The third kappa shape index (κ3) is 5.14. The van der Waals surface area contributed by atoms with Crippen molar-refractivity contribution in [3.8, 4) is 0 Å². The van der Waals surface area contributed by atoms with E-state index in [1.807, 2.05) is 4.57 Å². The Labute approximate surface area is 219 Å². The van der Waals surface area contributed by atoms with Gasteiger partial charge in [0, 0.05) is 13.3 Å². The van der Waals surface area contributed by atoms with Gasteiger partial charge < -0.3 is 19.2 Å². The van der Waals surface area contributed by atoms with E-state index in [4.69, 9.17) is 13.9 Å². The Bertz CT molecular complexity index is 1290. The summed E-state index contributed by atoms with van der Waals surface area (Å²) in [5.74, 6) is 0.380. The Hall–Kier alpha value is -2.82. The highest BCUT2D eigenvalue weighted by molar-refractivity contribution is 6.74. The van der Waals surface area contributed by atoms with Gasteiger partial charge >= 0.3 is 5.97 Å². The molecule has 0 saturated carbocycles. The van der Waals surface area contributed by atoms with Gasteiger partial charge in [0.15, 0.2) is 25.3 Å². The Morgan fingerprint density at radius 1 is 1.22 bits per heavy atom. The van der Waals surface area contributed by atoms with Gasteiger partial charge in [-0.15, -0.1) is 0 Å². The van der Waals surface area contributed by atoms with Crippen molar-refractivity contribution < 1.29 is 18.7 Å². The summed E-state index contributed by atoms with van der Waals surface area (Å²) in [5, 5.41) is 3.66. The molecule has 0 bridgehead atoms. The van der Waals surface area contributed by atoms with Crippen LogP contribution in [0.4, 0.5) is 5.82 Å². The fourth-order valence-electron chi connectivity index (χ4n) is 4.91. The van der Waals surface area contributed by atoms with E-state index in [0.29, 0.717) is 30.0 Å². The lowest BCUT2D eigenvalue weighted by atomic mass is 10.1. The van der Waals surface area contributed by atoms with Gasteiger partial charge in [0.05, 0.1) is 19.0 Å². The molecule has 0 radical (unpaired) electrons. The van der Waals surface area contributed by atoms with Crippen molar-refractivity contribution >= 4 is 31.3 Å². The summed E-state index contributed by atoms with van der Waals surface area (Å²) in [6, 6.07) is 8.70. The van der Waals surface area contributed by atoms with Crippen LogP contribution in [0.25, 0.3) is 11.2 Å². The molecular formula is C27H37N5O4Si. The fourth-order valence-corrected chi connectivity index (χ4v) is 5.92. The number of ether oxygens (including phenoxy) is 2. The van der Waals surface area contributed by atoms with Gasteiger partial charge in [0.1, 0.15) is 24.8 Å². The number of rotatable bonds is 7. The predicted molar refractivity (Wildman–Crippen MR) is 144 cm³/mol. The summed E-state index contributed by atoms with van der Waals surface area (Å²) < 4.78 is 20.4. The van der Waals surface area contributed by atoms with Crippen LogP contribution >= 0.6 is 0 Å². The van der Waals surface area contributed by atoms with Gasteiger partial charge in [-0.25, -0.2) is 15.0 Å². The van der Waals surface area contributed by atoms with E-state index in [-0.39, 0.29) is 29.4 Å². The highest BCUT2D eigenvalue weighted by Crippen LogP contribution is 2.39. The molecule has 1 N–H and O–H groups in total. The maximum atomic E-state index is 11.9. The Morgan fingerprint density at radius 3 is 2.76 bits per heavy atom. The molecule has 4 atom stereocenters. The van der Waals surface area contributed by atoms with Gasteiger partial charge in [0.25, 0.3) is 0 Å². The van der Waals surface area contributed by atoms with Crippen molar-refractivity contribution in [1.82, 2.24) is 19.5 Å². The summed E-state index contributed by atoms with van der Waals surface area (Å²) in [6.45, 7) is 12.8. The number of anilines is 1. The number of aryl methyl sites for hydroxylation is 1. The molecule has 2 aliphatic rings. The molecule has 1 saturated heterocycles. The lowest BCUT2D eigenvalue weighted by Gasteiger charge is -2.37. The van der Waals surface area contributed by atoms with E-state index in [0.717, 1.165) is 12.8 Å². The minimum Gasteiger partial charge on any atom is -0.460 e. The first-order valence-electron chi connectivity index (χ1n) is 13.0. The molecular weight excluding hydrogens is 486 g/mol. The average Bonchev–Trinajstić information content (AvgIpc) is 3.54. The SMILES string of the molecule is CC(=O)O[C@H]1C[C@H](n2cnc3c(N[C@H]4CCc5ccccc54)ncnc32)O[C@H]1CO[Si](C)(C)C(C)(C)C. The number of nitrogens with one attached hydrogen (secondary N) is 1. The molecule has 3 aromatic rings. The molecule has 0 amide bonds. The normalized spacial score (nSPS) is 23.8. The fraction of sp³-hybridized carbons (Fsp3) is 0.556. The number of hydrogen-bond donors (Lipinski definition) is 1. The molecule has 1 aromatic carbocycles. The molecule has 2 aromatic heterocycles. The predicted octanol–water partition coefficient (Wildman–Crippen LogP) is 5.17. The second-order valence-electron chi connectivity index (χ2n) is 11.6. The molecule has 198 valence electrons. The largest absolute Gasteiger partial charge is 0.460 e. The van der Waals surface area contributed by atoms with Crippen LogP contribution in [0.5, 0.6) is 0 Å². The van der Waals surface area contributed by atoms with Crippen LogP contribution in [0.2, 0.25) is 18.1 Å². The number of esters is 1. The molecule has 1 aliphatic heterocycles.